The van der Waals surface area contributed by atoms with E-state index in [9.17, 15) is 0 Å². The normalized spacial score (nSPS) is 11.6. The number of rotatable bonds is 7. The lowest BCUT2D eigenvalue weighted by Gasteiger charge is -2.29. The molecule has 0 fully saturated rings. The fraction of sp³-hybridized carbons (Fsp3) is 0. The van der Waals surface area contributed by atoms with Crippen molar-refractivity contribution in [2.75, 3.05) is 4.90 Å². The number of anilines is 3. The van der Waals surface area contributed by atoms with Gasteiger partial charge in [-0.15, -0.1) is 11.3 Å². The Morgan fingerprint density at radius 2 is 0.951 bits per heavy atom. The van der Waals surface area contributed by atoms with Crippen molar-refractivity contribution >= 4 is 81.1 Å². The Morgan fingerprint density at radius 1 is 0.344 bits per heavy atom. The van der Waals surface area contributed by atoms with Crippen LogP contribution in [0, 0.1) is 0 Å². The van der Waals surface area contributed by atoms with Gasteiger partial charge < -0.3 is 9.47 Å². The lowest BCUT2D eigenvalue weighted by Crippen LogP contribution is -2.11. The first kappa shape index (κ1) is 35.2. The summed E-state index contributed by atoms with van der Waals surface area (Å²) in [7, 11) is 0. The first-order valence-electron chi connectivity index (χ1n) is 20.8. The van der Waals surface area contributed by atoms with Crippen LogP contribution in [0.3, 0.4) is 0 Å². The summed E-state index contributed by atoms with van der Waals surface area (Å²) in [6, 6.07) is 84.2. The van der Waals surface area contributed by atoms with Gasteiger partial charge in [0.1, 0.15) is 0 Å². The van der Waals surface area contributed by atoms with Gasteiger partial charge in [0.25, 0.3) is 0 Å². The van der Waals surface area contributed by atoms with E-state index in [1.54, 1.807) is 0 Å². The third kappa shape index (κ3) is 5.85. The number of hydrogen-bond donors (Lipinski definition) is 0. The Labute approximate surface area is 358 Å². The topological polar surface area (TPSA) is 8.17 Å². The van der Waals surface area contributed by atoms with Crippen molar-refractivity contribution in [1.82, 2.24) is 4.57 Å². The molecule has 12 rings (SSSR count). The van der Waals surface area contributed by atoms with Crippen molar-refractivity contribution in [1.29, 1.82) is 0 Å². The number of thiophene rings is 1. The van der Waals surface area contributed by atoms with Gasteiger partial charge in [0.2, 0.25) is 0 Å². The Kier molecular flexibility index (Phi) is 8.39. The van der Waals surface area contributed by atoms with E-state index in [4.69, 9.17) is 0 Å². The summed E-state index contributed by atoms with van der Waals surface area (Å²) in [6.45, 7) is 0. The molecule has 3 heteroatoms. The van der Waals surface area contributed by atoms with Gasteiger partial charge in [-0.05, 0) is 105 Å². The summed E-state index contributed by atoms with van der Waals surface area (Å²) >= 11 is 1.86. The van der Waals surface area contributed by atoms with E-state index in [0.29, 0.717) is 0 Å². The number of para-hydroxylation sites is 3. The molecule has 0 aliphatic rings. The van der Waals surface area contributed by atoms with Gasteiger partial charge in [-0.1, -0.05) is 164 Å². The SMILES string of the molecule is c1ccc(-c2cccc3cccc(-c4ccccc4N(c4ccc(-c5ccc6c(c5)c5ccccc5n6-c5ccccc5)cc4)c4cccc5sc6ccccc6c45)c23)cc1. The molecule has 0 aliphatic carbocycles. The molecule has 12 aromatic rings. The minimum absolute atomic E-state index is 1.10. The lowest BCUT2D eigenvalue weighted by molar-refractivity contribution is 1.18. The Balaban J connectivity index is 1.05. The number of fused-ring (bicyclic) bond motifs is 7. The minimum Gasteiger partial charge on any atom is -0.309 e. The highest BCUT2D eigenvalue weighted by atomic mass is 32.1. The van der Waals surface area contributed by atoms with E-state index in [-0.39, 0.29) is 0 Å². The van der Waals surface area contributed by atoms with E-state index in [1.165, 1.54) is 91.8 Å². The molecule has 10 aromatic carbocycles. The minimum atomic E-state index is 1.10. The summed E-state index contributed by atoms with van der Waals surface area (Å²) in [6.07, 6.45) is 0. The molecule has 0 bridgehead atoms. The summed E-state index contributed by atoms with van der Waals surface area (Å²) in [5, 5.41) is 7.52. The van der Waals surface area contributed by atoms with Crippen LogP contribution in [-0.4, -0.2) is 4.57 Å². The number of hydrogen-bond acceptors (Lipinski definition) is 2. The zero-order chi connectivity index (χ0) is 40.3. The Morgan fingerprint density at radius 3 is 1.79 bits per heavy atom. The maximum absolute atomic E-state index is 2.49. The van der Waals surface area contributed by atoms with Gasteiger partial charge in [0.05, 0.1) is 22.4 Å². The predicted molar refractivity (Wildman–Crippen MR) is 262 cm³/mol. The first-order valence-corrected chi connectivity index (χ1v) is 21.7. The molecule has 2 nitrogen and oxygen atoms in total. The standard InChI is InChI=1S/C58H38N2S/c1-3-16-40(17-4-1)45-25-13-18-41-19-14-26-48(57(41)45)46-22-7-10-27-51(46)60(54-29-15-31-56-58(54)49-24-9-12-30-55(49)61-56)44-35-32-39(33-36-44)42-34-37-53-50(38-42)47-23-8-11-28-52(47)59(53)43-20-5-2-6-21-43/h1-38H. The van der Waals surface area contributed by atoms with Gasteiger partial charge >= 0.3 is 0 Å². The third-order valence-corrected chi connectivity index (χ3v) is 13.3. The summed E-state index contributed by atoms with van der Waals surface area (Å²) in [5.74, 6) is 0. The van der Waals surface area contributed by atoms with Gasteiger partial charge in [-0.2, -0.15) is 0 Å². The van der Waals surface area contributed by atoms with Crippen LogP contribution in [0.15, 0.2) is 231 Å². The van der Waals surface area contributed by atoms with Crippen molar-refractivity contribution in [3.63, 3.8) is 0 Å². The van der Waals surface area contributed by atoms with Crippen molar-refractivity contribution in [2.24, 2.45) is 0 Å². The first-order chi connectivity index (χ1) is 30.3. The second-order valence-corrected chi connectivity index (χ2v) is 16.7. The van der Waals surface area contributed by atoms with E-state index < -0.39 is 0 Å². The molecule has 0 aliphatic heterocycles. The molecule has 286 valence electrons. The van der Waals surface area contributed by atoms with Crippen molar-refractivity contribution in [3.05, 3.63) is 231 Å². The molecule has 2 heterocycles. The molecule has 0 atom stereocenters. The molecule has 0 unspecified atom stereocenters. The zero-order valence-corrected chi connectivity index (χ0v) is 34.1. The maximum atomic E-state index is 2.49. The highest BCUT2D eigenvalue weighted by molar-refractivity contribution is 7.26. The molecule has 0 amide bonds. The van der Waals surface area contributed by atoms with Crippen molar-refractivity contribution < 1.29 is 0 Å². The average molecular weight is 795 g/mol. The molecule has 2 aromatic heterocycles. The zero-order valence-electron chi connectivity index (χ0n) is 33.2. The molecule has 0 radical (unpaired) electrons. The van der Waals surface area contributed by atoms with Gasteiger partial charge in [-0.3, -0.25) is 0 Å². The average Bonchev–Trinajstić information content (AvgIpc) is 3.88. The predicted octanol–water partition coefficient (Wildman–Crippen LogP) is 16.8. The van der Waals surface area contributed by atoms with Crippen LogP contribution >= 0.6 is 11.3 Å². The van der Waals surface area contributed by atoms with Gasteiger partial charge in [-0.25, -0.2) is 0 Å². The van der Waals surface area contributed by atoms with E-state index in [1.807, 2.05) is 11.3 Å². The maximum Gasteiger partial charge on any atom is 0.0555 e. The van der Waals surface area contributed by atoms with Crippen LogP contribution in [0.1, 0.15) is 0 Å². The largest absolute Gasteiger partial charge is 0.309 e. The highest BCUT2D eigenvalue weighted by Gasteiger charge is 2.23. The van der Waals surface area contributed by atoms with E-state index >= 15 is 0 Å². The second kappa shape index (κ2) is 14.5. The monoisotopic (exact) mass is 794 g/mol. The molecule has 0 saturated carbocycles. The summed E-state index contributed by atoms with van der Waals surface area (Å²) in [5.41, 5.74) is 14.2. The quantitative estimate of drug-likeness (QED) is 0.156. The van der Waals surface area contributed by atoms with Gasteiger partial charge in [0.15, 0.2) is 0 Å². The summed E-state index contributed by atoms with van der Waals surface area (Å²) < 4.78 is 4.94. The number of nitrogens with zero attached hydrogens (tertiary/aromatic N) is 2. The molecule has 0 saturated heterocycles. The number of benzene rings is 10. The Bertz CT molecular complexity index is 3580. The molecular weight excluding hydrogens is 757 g/mol. The van der Waals surface area contributed by atoms with Crippen molar-refractivity contribution in [3.8, 4) is 39.1 Å². The summed E-state index contributed by atoms with van der Waals surface area (Å²) in [4.78, 5) is 2.49. The molecular formula is C58H38N2S. The molecule has 0 N–H and O–H groups in total. The second-order valence-electron chi connectivity index (χ2n) is 15.6. The van der Waals surface area contributed by atoms with Crippen LogP contribution in [0.2, 0.25) is 0 Å². The van der Waals surface area contributed by atoms with Crippen LogP contribution in [0.5, 0.6) is 0 Å². The Hall–Kier alpha value is -7.72. The fourth-order valence-corrected chi connectivity index (χ4v) is 10.6. The van der Waals surface area contributed by atoms with E-state index in [2.05, 4.69) is 240 Å². The molecule has 61 heavy (non-hydrogen) atoms. The van der Waals surface area contributed by atoms with Gasteiger partial charge in [0, 0.05) is 47.9 Å². The number of aromatic nitrogens is 1. The van der Waals surface area contributed by atoms with Crippen LogP contribution < -0.4 is 4.90 Å². The van der Waals surface area contributed by atoms with Crippen LogP contribution in [0.25, 0.3) is 91.8 Å². The van der Waals surface area contributed by atoms with Crippen LogP contribution in [-0.2, 0) is 0 Å². The highest BCUT2D eigenvalue weighted by Crippen LogP contribution is 2.49. The fourth-order valence-electron chi connectivity index (χ4n) is 9.48. The third-order valence-electron chi connectivity index (χ3n) is 12.2. The lowest BCUT2D eigenvalue weighted by atomic mass is 9.90. The van der Waals surface area contributed by atoms with Crippen LogP contribution in [0.4, 0.5) is 17.1 Å². The molecule has 0 spiro atoms. The van der Waals surface area contributed by atoms with Crippen molar-refractivity contribution in [2.45, 2.75) is 0 Å². The van der Waals surface area contributed by atoms with E-state index in [0.717, 1.165) is 17.1 Å². The smallest absolute Gasteiger partial charge is 0.0555 e.